The van der Waals surface area contributed by atoms with Crippen molar-refractivity contribution < 1.29 is 4.74 Å². The molecule has 0 aromatic heterocycles. The minimum absolute atomic E-state index is 0.316. The summed E-state index contributed by atoms with van der Waals surface area (Å²) in [6.07, 6.45) is 1.45. The molecule has 2 rings (SSSR count). The summed E-state index contributed by atoms with van der Waals surface area (Å²) in [6, 6.07) is 10.8. The lowest BCUT2D eigenvalue weighted by atomic mass is 9.73. The predicted octanol–water partition coefficient (Wildman–Crippen LogP) is 2.34. The van der Waals surface area contributed by atoms with Gasteiger partial charge in [-0.1, -0.05) is 30.3 Å². The van der Waals surface area contributed by atoms with Crippen LogP contribution < -0.4 is 5.32 Å². The van der Waals surface area contributed by atoms with Gasteiger partial charge in [0.25, 0.3) is 0 Å². The third kappa shape index (κ3) is 2.45. The molecular weight excluding hydrogens is 198 g/mol. The van der Waals surface area contributed by atoms with Gasteiger partial charge in [0.15, 0.2) is 0 Å². The van der Waals surface area contributed by atoms with Crippen LogP contribution >= 0.6 is 0 Å². The average Bonchev–Trinajstić information content (AvgIpc) is 2.23. The summed E-state index contributed by atoms with van der Waals surface area (Å²) in [6.45, 7) is 7.20. The van der Waals surface area contributed by atoms with E-state index in [0.717, 1.165) is 26.1 Å². The Balaban J connectivity index is 1.97. The van der Waals surface area contributed by atoms with Gasteiger partial charge in [-0.2, -0.15) is 0 Å². The Morgan fingerprint density at radius 1 is 1.25 bits per heavy atom. The van der Waals surface area contributed by atoms with Gasteiger partial charge >= 0.3 is 0 Å². The Kier molecular flexibility index (Phi) is 3.62. The molecule has 0 atom stereocenters. The molecule has 1 heterocycles. The fraction of sp³-hybridized carbons (Fsp3) is 0.571. The maximum absolute atomic E-state index is 5.67. The second-order valence-corrected chi connectivity index (χ2v) is 4.92. The van der Waals surface area contributed by atoms with Gasteiger partial charge in [0.05, 0.1) is 6.10 Å². The number of hydrogen-bond donors (Lipinski definition) is 1. The minimum Gasteiger partial charge on any atom is -0.379 e. The summed E-state index contributed by atoms with van der Waals surface area (Å²) in [5, 5.41) is 3.38. The van der Waals surface area contributed by atoms with Gasteiger partial charge in [-0.3, -0.25) is 0 Å². The first-order chi connectivity index (χ1) is 7.73. The highest BCUT2D eigenvalue weighted by Gasteiger charge is 2.37. The molecule has 16 heavy (non-hydrogen) atoms. The summed E-state index contributed by atoms with van der Waals surface area (Å²) in [5.41, 5.74) is 1.76. The molecule has 1 aliphatic heterocycles. The molecule has 0 spiro atoms. The van der Waals surface area contributed by atoms with Crippen LogP contribution in [-0.4, -0.2) is 25.8 Å². The Morgan fingerprint density at radius 2 is 1.94 bits per heavy atom. The van der Waals surface area contributed by atoms with Gasteiger partial charge in [0.1, 0.15) is 0 Å². The summed E-state index contributed by atoms with van der Waals surface area (Å²) in [7, 11) is 0. The number of benzene rings is 1. The van der Waals surface area contributed by atoms with E-state index in [-0.39, 0.29) is 0 Å². The van der Waals surface area contributed by atoms with E-state index in [1.807, 2.05) is 0 Å². The first kappa shape index (κ1) is 11.6. The molecule has 88 valence electrons. The van der Waals surface area contributed by atoms with E-state index in [0.29, 0.717) is 11.5 Å². The van der Waals surface area contributed by atoms with Crippen molar-refractivity contribution in [3.63, 3.8) is 0 Å². The highest BCUT2D eigenvalue weighted by Crippen LogP contribution is 2.32. The van der Waals surface area contributed by atoms with Crippen LogP contribution in [0, 0.1) is 0 Å². The van der Waals surface area contributed by atoms with Crippen molar-refractivity contribution in [1.82, 2.24) is 5.32 Å². The van der Waals surface area contributed by atoms with Crippen LogP contribution in [0.4, 0.5) is 0 Å². The van der Waals surface area contributed by atoms with Crippen LogP contribution in [0.2, 0.25) is 0 Å². The van der Waals surface area contributed by atoms with E-state index in [1.165, 1.54) is 5.56 Å². The Bertz CT molecular complexity index is 317. The van der Waals surface area contributed by atoms with Crippen molar-refractivity contribution in [2.75, 3.05) is 19.7 Å². The van der Waals surface area contributed by atoms with Crippen LogP contribution in [0.15, 0.2) is 30.3 Å². The quantitative estimate of drug-likeness (QED) is 0.820. The average molecular weight is 219 g/mol. The molecule has 2 heteroatoms. The predicted molar refractivity (Wildman–Crippen MR) is 66.7 cm³/mol. The molecule has 0 aliphatic carbocycles. The topological polar surface area (TPSA) is 21.3 Å². The van der Waals surface area contributed by atoms with Crippen LogP contribution in [0.5, 0.6) is 0 Å². The maximum atomic E-state index is 5.67. The second kappa shape index (κ2) is 4.98. The fourth-order valence-corrected chi connectivity index (χ4v) is 2.23. The number of hydrogen-bond acceptors (Lipinski definition) is 2. The van der Waals surface area contributed by atoms with Gasteiger partial charge in [0.2, 0.25) is 0 Å². The van der Waals surface area contributed by atoms with E-state index in [2.05, 4.69) is 49.5 Å². The van der Waals surface area contributed by atoms with Crippen LogP contribution in [0.1, 0.15) is 25.8 Å². The van der Waals surface area contributed by atoms with Crippen molar-refractivity contribution in [1.29, 1.82) is 0 Å². The fourth-order valence-electron chi connectivity index (χ4n) is 2.23. The molecule has 0 bridgehead atoms. The van der Waals surface area contributed by atoms with E-state index in [9.17, 15) is 0 Å². The van der Waals surface area contributed by atoms with Gasteiger partial charge in [-0.15, -0.1) is 0 Å². The highest BCUT2D eigenvalue weighted by molar-refractivity contribution is 5.29. The Morgan fingerprint density at radius 3 is 2.44 bits per heavy atom. The lowest BCUT2D eigenvalue weighted by Crippen LogP contribution is -2.57. The molecule has 1 fully saturated rings. The van der Waals surface area contributed by atoms with E-state index < -0.39 is 0 Å². The Hall–Kier alpha value is -0.860. The van der Waals surface area contributed by atoms with Gasteiger partial charge < -0.3 is 10.1 Å². The van der Waals surface area contributed by atoms with Crippen LogP contribution in [0.3, 0.4) is 0 Å². The molecule has 0 amide bonds. The minimum atomic E-state index is 0.316. The standard InChI is InChI=1S/C14H21NO/c1-12(2)16-9-8-14(10-15-11-14)13-6-4-3-5-7-13/h3-7,12,15H,8-11H2,1-2H3. The normalized spacial score (nSPS) is 18.4. The third-order valence-electron chi connectivity index (χ3n) is 3.34. The lowest BCUT2D eigenvalue weighted by molar-refractivity contribution is 0.0556. The van der Waals surface area contributed by atoms with E-state index in [1.54, 1.807) is 0 Å². The smallest absolute Gasteiger partial charge is 0.0518 e. The van der Waals surface area contributed by atoms with Crippen LogP contribution in [0.25, 0.3) is 0 Å². The maximum Gasteiger partial charge on any atom is 0.0518 e. The first-order valence-electron chi connectivity index (χ1n) is 6.11. The second-order valence-electron chi connectivity index (χ2n) is 4.92. The van der Waals surface area contributed by atoms with Gasteiger partial charge in [-0.25, -0.2) is 0 Å². The lowest BCUT2D eigenvalue weighted by Gasteiger charge is -2.43. The molecule has 1 aromatic rings. The highest BCUT2D eigenvalue weighted by atomic mass is 16.5. The summed E-state index contributed by atoms with van der Waals surface area (Å²) in [5.74, 6) is 0. The molecule has 1 saturated heterocycles. The third-order valence-corrected chi connectivity index (χ3v) is 3.34. The zero-order valence-corrected chi connectivity index (χ0v) is 10.2. The zero-order chi connectivity index (χ0) is 11.4. The summed E-state index contributed by atoms with van der Waals surface area (Å²) in [4.78, 5) is 0. The number of nitrogens with one attached hydrogen (secondary N) is 1. The van der Waals surface area contributed by atoms with Crippen molar-refractivity contribution in [2.24, 2.45) is 0 Å². The van der Waals surface area contributed by atoms with Crippen molar-refractivity contribution in [2.45, 2.75) is 31.8 Å². The molecule has 0 unspecified atom stereocenters. The molecular formula is C14H21NO. The Labute approximate surface area is 98.0 Å². The molecule has 1 N–H and O–H groups in total. The number of rotatable bonds is 5. The largest absolute Gasteiger partial charge is 0.379 e. The van der Waals surface area contributed by atoms with E-state index >= 15 is 0 Å². The zero-order valence-electron chi connectivity index (χ0n) is 10.2. The van der Waals surface area contributed by atoms with Gasteiger partial charge in [0, 0.05) is 25.1 Å². The molecule has 0 radical (unpaired) electrons. The summed E-state index contributed by atoms with van der Waals surface area (Å²) >= 11 is 0. The van der Waals surface area contributed by atoms with Crippen molar-refractivity contribution in [3.05, 3.63) is 35.9 Å². The SMILES string of the molecule is CC(C)OCCC1(c2ccccc2)CNC1. The van der Waals surface area contributed by atoms with Crippen molar-refractivity contribution in [3.8, 4) is 0 Å². The van der Waals surface area contributed by atoms with E-state index in [4.69, 9.17) is 4.74 Å². The molecule has 0 saturated carbocycles. The van der Waals surface area contributed by atoms with Crippen LogP contribution in [-0.2, 0) is 10.2 Å². The molecule has 1 aliphatic rings. The molecule has 2 nitrogen and oxygen atoms in total. The van der Waals surface area contributed by atoms with Gasteiger partial charge in [-0.05, 0) is 25.8 Å². The monoisotopic (exact) mass is 219 g/mol. The molecule has 1 aromatic carbocycles. The summed E-state index contributed by atoms with van der Waals surface area (Å²) < 4.78 is 5.67. The number of ether oxygens (including phenoxy) is 1. The van der Waals surface area contributed by atoms with Crippen molar-refractivity contribution >= 4 is 0 Å². The first-order valence-corrected chi connectivity index (χ1v) is 6.11.